The van der Waals surface area contributed by atoms with Crippen molar-refractivity contribution in [2.24, 2.45) is 0 Å². The zero-order valence-electron chi connectivity index (χ0n) is 20.2. The summed E-state index contributed by atoms with van der Waals surface area (Å²) in [6.07, 6.45) is 1.01. The molecule has 0 aromatic heterocycles. The molecule has 5 nitrogen and oxygen atoms in total. The SMILES string of the molecule is CCC(C)NC(=O)C(Cc1ccccc1)N(Cc1ccc(Cl)cc1Cl)C(=O)COc1ccccc1F. The number of nitrogens with one attached hydrogen (secondary N) is 1. The van der Waals surface area contributed by atoms with Gasteiger partial charge in [0.15, 0.2) is 18.2 Å². The highest BCUT2D eigenvalue weighted by molar-refractivity contribution is 6.35. The highest BCUT2D eigenvalue weighted by Gasteiger charge is 2.31. The lowest BCUT2D eigenvalue weighted by molar-refractivity contribution is -0.143. The van der Waals surface area contributed by atoms with E-state index in [9.17, 15) is 14.0 Å². The lowest BCUT2D eigenvalue weighted by Gasteiger charge is -2.32. The highest BCUT2D eigenvalue weighted by atomic mass is 35.5. The summed E-state index contributed by atoms with van der Waals surface area (Å²) < 4.78 is 19.6. The van der Waals surface area contributed by atoms with Crippen LogP contribution in [0.25, 0.3) is 0 Å². The number of nitrogens with zero attached hydrogens (tertiary/aromatic N) is 1. The Bertz CT molecular complexity index is 1180. The standard InChI is InChI=1S/C28H29Cl2FN2O3/c1-3-19(2)32-28(35)25(15-20-9-5-4-6-10-20)33(17-21-13-14-22(29)16-23(21)30)27(34)18-36-26-12-8-7-11-24(26)31/h4-14,16,19,25H,3,15,17-18H2,1-2H3,(H,32,35). The average Bonchev–Trinajstić information content (AvgIpc) is 2.87. The second kappa shape index (κ2) is 13.3. The third-order valence-electron chi connectivity index (χ3n) is 5.82. The first kappa shape index (κ1) is 27.5. The Hall–Kier alpha value is -3.09. The quantitative estimate of drug-likeness (QED) is 0.327. The van der Waals surface area contributed by atoms with Crippen LogP contribution in [0.1, 0.15) is 31.4 Å². The molecule has 0 heterocycles. The van der Waals surface area contributed by atoms with Crippen molar-refractivity contribution < 1.29 is 18.7 Å². The molecular formula is C28H29Cl2FN2O3. The molecule has 190 valence electrons. The molecule has 3 rings (SSSR count). The number of carbonyl (C=O) groups excluding carboxylic acids is 2. The molecule has 2 amide bonds. The summed E-state index contributed by atoms with van der Waals surface area (Å²) in [4.78, 5) is 28.4. The van der Waals surface area contributed by atoms with Crippen molar-refractivity contribution in [3.05, 3.63) is 99.8 Å². The Morgan fingerprint density at radius 1 is 1.03 bits per heavy atom. The molecule has 0 saturated carbocycles. The molecule has 2 atom stereocenters. The normalized spacial score (nSPS) is 12.5. The predicted molar refractivity (Wildman–Crippen MR) is 141 cm³/mol. The second-order valence-corrected chi connectivity index (χ2v) is 9.34. The van der Waals surface area contributed by atoms with Crippen molar-refractivity contribution in [2.45, 2.75) is 45.3 Å². The van der Waals surface area contributed by atoms with Gasteiger partial charge in [0.2, 0.25) is 5.91 Å². The van der Waals surface area contributed by atoms with Crippen molar-refractivity contribution in [1.29, 1.82) is 0 Å². The van der Waals surface area contributed by atoms with E-state index in [0.717, 1.165) is 12.0 Å². The largest absolute Gasteiger partial charge is 0.481 e. The summed E-state index contributed by atoms with van der Waals surface area (Å²) in [6, 6.07) is 19.3. The molecule has 8 heteroatoms. The smallest absolute Gasteiger partial charge is 0.261 e. The molecule has 1 N–H and O–H groups in total. The number of para-hydroxylation sites is 1. The molecule has 2 unspecified atom stereocenters. The maximum Gasteiger partial charge on any atom is 0.261 e. The predicted octanol–water partition coefficient (Wildman–Crippen LogP) is 6.07. The third kappa shape index (κ3) is 7.70. The maximum atomic E-state index is 14.1. The van der Waals surface area contributed by atoms with E-state index in [1.54, 1.807) is 24.3 Å². The lowest BCUT2D eigenvalue weighted by Crippen LogP contribution is -2.53. The molecular weight excluding hydrogens is 502 g/mol. The Morgan fingerprint density at radius 2 is 1.72 bits per heavy atom. The summed E-state index contributed by atoms with van der Waals surface area (Å²) in [7, 11) is 0. The monoisotopic (exact) mass is 530 g/mol. The van der Waals surface area contributed by atoms with E-state index in [2.05, 4.69) is 5.32 Å². The van der Waals surface area contributed by atoms with Crippen LogP contribution in [0.15, 0.2) is 72.8 Å². The molecule has 0 aliphatic heterocycles. The van der Waals surface area contributed by atoms with Crippen LogP contribution in [0.3, 0.4) is 0 Å². The second-order valence-electron chi connectivity index (χ2n) is 8.50. The Balaban J connectivity index is 1.95. The topological polar surface area (TPSA) is 58.6 Å². The van der Waals surface area contributed by atoms with Crippen LogP contribution >= 0.6 is 23.2 Å². The summed E-state index contributed by atoms with van der Waals surface area (Å²) >= 11 is 12.5. The van der Waals surface area contributed by atoms with Gasteiger partial charge in [-0.3, -0.25) is 9.59 Å². The van der Waals surface area contributed by atoms with Gasteiger partial charge in [0.25, 0.3) is 5.91 Å². The highest BCUT2D eigenvalue weighted by Crippen LogP contribution is 2.24. The minimum atomic E-state index is -0.857. The van der Waals surface area contributed by atoms with Gasteiger partial charge in [0.05, 0.1) is 0 Å². The Labute approximate surface area is 221 Å². The van der Waals surface area contributed by atoms with E-state index >= 15 is 0 Å². The van der Waals surface area contributed by atoms with Gasteiger partial charge in [-0.2, -0.15) is 0 Å². The molecule has 0 bridgehead atoms. The summed E-state index contributed by atoms with van der Waals surface area (Å²) in [6.45, 7) is 3.46. The van der Waals surface area contributed by atoms with Crippen molar-refractivity contribution in [3.8, 4) is 5.75 Å². The number of rotatable bonds is 11. The van der Waals surface area contributed by atoms with Crippen LogP contribution in [0.2, 0.25) is 10.0 Å². The van der Waals surface area contributed by atoms with Gasteiger partial charge in [-0.1, -0.05) is 78.7 Å². The van der Waals surface area contributed by atoms with Gasteiger partial charge >= 0.3 is 0 Å². The van der Waals surface area contributed by atoms with Crippen molar-refractivity contribution in [2.75, 3.05) is 6.61 Å². The summed E-state index contributed by atoms with van der Waals surface area (Å²) in [5.41, 5.74) is 1.51. The zero-order chi connectivity index (χ0) is 26.1. The van der Waals surface area contributed by atoms with E-state index in [0.29, 0.717) is 15.6 Å². The first-order valence-electron chi connectivity index (χ1n) is 11.7. The summed E-state index contributed by atoms with van der Waals surface area (Å²) in [5, 5.41) is 3.82. The molecule has 0 radical (unpaired) electrons. The molecule has 0 spiro atoms. The summed E-state index contributed by atoms with van der Waals surface area (Å²) in [5.74, 6) is -1.39. The number of halogens is 3. The van der Waals surface area contributed by atoms with Crippen molar-refractivity contribution in [3.63, 3.8) is 0 Å². The number of carbonyl (C=O) groups is 2. The number of hydrogen-bond acceptors (Lipinski definition) is 3. The molecule has 3 aromatic rings. The van der Waals surface area contributed by atoms with Crippen LogP contribution in [0.5, 0.6) is 5.75 Å². The van der Waals surface area contributed by atoms with Gasteiger partial charge in [0, 0.05) is 29.1 Å². The molecule has 36 heavy (non-hydrogen) atoms. The first-order valence-corrected chi connectivity index (χ1v) is 12.5. The van der Waals surface area contributed by atoms with E-state index in [1.165, 1.54) is 23.1 Å². The molecule has 0 aliphatic carbocycles. The van der Waals surface area contributed by atoms with Gasteiger partial charge in [-0.15, -0.1) is 0 Å². The fourth-order valence-corrected chi connectivity index (χ4v) is 4.08. The van der Waals surface area contributed by atoms with Crippen LogP contribution in [0.4, 0.5) is 4.39 Å². The molecule has 0 fully saturated rings. The molecule has 3 aromatic carbocycles. The molecule has 0 aliphatic rings. The van der Waals surface area contributed by atoms with E-state index in [-0.39, 0.29) is 30.7 Å². The average molecular weight is 531 g/mol. The first-order chi connectivity index (χ1) is 17.3. The van der Waals surface area contributed by atoms with E-state index in [1.807, 2.05) is 44.2 Å². The number of benzene rings is 3. The third-order valence-corrected chi connectivity index (χ3v) is 6.40. The van der Waals surface area contributed by atoms with Crippen molar-refractivity contribution in [1.82, 2.24) is 10.2 Å². The fraction of sp³-hybridized carbons (Fsp3) is 0.286. The lowest BCUT2D eigenvalue weighted by atomic mass is 10.0. The minimum absolute atomic E-state index is 0.0426. The van der Waals surface area contributed by atoms with Gasteiger partial charge in [0.1, 0.15) is 6.04 Å². The van der Waals surface area contributed by atoms with E-state index in [4.69, 9.17) is 27.9 Å². The number of hydrogen-bond donors (Lipinski definition) is 1. The Morgan fingerprint density at radius 3 is 2.39 bits per heavy atom. The zero-order valence-corrected chi connectivity index (χ0v) is 21.7. The maximum absolute atomic E-state index is 14.1. The van der Waals surface area contributed by atoms with Crippen LogP contribution in [0, 0.1) is 5.82 Å². The molecule has 0 saturated heterocycles. The van der Waals surface area contributed by atoms with E-state index < -0.39 is 24.4 Å². The van der Waals surface area contributed by atoms with Gasteiger partial charge < -0.3 is 15.0 Å². The van der Waals surface area contributed by atoms with Crippen molar-refractivity contribution >= 4 is 35.0 Å². The van der Waals surface area contributed by atoms with Gasteiger partial charge in [-0.25, -0.2) is 4.39 Å². The number of ether oxygens (including phenoxy) is 1. The number of amides is 2. The van der Waals surface area contributed by atoms with Gasteiger partial charge in [-0.05, 0) is 48.7 Å². The Kier molecular flexibility index (Phi) is 10.1. The van der Waals surface area contributed by atoms with Crippen LogP contribution < -0.4 is 10.1 Å². The van der Waals surface area contributed by atoms with Crippen LogP contribution in [-0.4, -0.2) is 35.4 Å². The fourth-order valence-electron chi connectivity index (χ4n) is 3.61. The van der Waals surface area contributed by atoms with Crippen LogP contribution in [-0.2, 0) is 22.6 Å². The minimum Gasteiger partial charge on any atom is -0.481 e.